The molecule has 0 bridgehead atoms. The van der Waals surface area contributed by atoms with Gasteiger partial charge >= 0.3 is 0 Å². The minimum absolute atomic E-state index is 0.169. The van der Waals surface area contributed by atoms with E-state index in [0.717, 1.165) is 16.6 Å². The second kappa shape index (κ2) is 9.46. The fourth-order valence-corrected chi connectivity index (χ4v) is 4.19. The SMILES string of the molecule is C=C(Nc1ccccc1)Nc1cc(-c2cc3cnc(NC)cc3n(CC)c2=O)c(Br)cc1F. The highest BCUT2D eigenvalue weighted by molar-refractivity contribution is 9.10. The summed E-state index contributed by atoms with van der Waals surface area (Å²) in [5.74, 6) is 0.607. The van der Waals surface area contributed by atoms with Crippen molar-refractivity contribution >= 4 is 44.0 Å². The van der Waals surface area contributed by atoms with Crippen molar-refractivity contribution in [3.8, 4) is 11.1 Å². The van der Waals surface area contributed by atoms with Gasteiger partial charge in [-0.1, -0.05) is 40.7 Å². The molecule has 0 unspecified atom stereocenters. The van der Waals surface area contributed by atoms with Crippen LogP contribution in [-0.4, -0.2) is 16.6 Å². The number of aryl methyl sites for hydroxylation is 1. The molecule has 8 heteroatoms. The quantitative estimate of drug-likeness (QED) is 0.285. The van der Waals surface area contributed by atoms with E-state index in [-0.39, 0.29) is 11.2 Å². The van der Waals surface area contributed by atoms with Gasteiger partial charge in [0.2, 0.25) is 0 Å². The Labute approximate surface area is 199 Å². The smallest absolute Gasteiger partial charge is 0.258 e. The molecule has 0 fully saturated rings. The molecule has 0 atom stereocenters. The van der Waals surface area contributed by atoms with Crippen molar-refractivity contribution in [1.29, 1.82) is 0 Å². The standard InChI is InChI=1S/C25H23BrFN5O/c1-4-32-23-13-24(28-3)29-14-16(23)10-19(25(32)33)18-11-22(21(27)12-20(18)26)31-15(2)30-17-8-6-5-7-9-17/h5-14,30-31H,2,4H2,1,3H3,(H,28,29). The van der Waals surface area contributed by atoms with Gasteiger partial charge in [0.1, 0.15) is 17.5 Å². The number of nitrogens with zero attached hydrogens (tertiary/aromatic N) is 2. The summed E-state index contributed by atoms with van der Waals surface area (Å²) in [6.45, 7) is 6.33. The van der Waals surface area contributed by atoms with Crippen LogP contribution in [0.2, 0.25) is 0 Å². The number of fused-ring (bicyclic) bond motifs is 1. The first kappa shape index (κ1) is 22.5. The van der Waals surface area contributed by atoms with Crippen LogP contribution in [0.5, 0.6) is 0 Å². The summed E-state index contributed by atoms with van der Waals surface area (Å²) in [5.41, 5.74) is 2.65. The second-order valence-electron chi connectivity index (χ2n) is 7.39. The molecule has 6 nitrogen and oxygen atoms in total. The van der Waals surface area contributed by atoms with E-state index in [1.807, 2.05) is 43.3 Å². The number of aromatic nitrogens is 2. The summed E-state index contributed by atoms with van der Waals surface area (Å²) >= 11 is 3.43. The Morgan fingerprint density at radius 3 is 2.58 bits per heavy atom. The lowest BCUT2D eigenvalue weighted by molar-refractivity contribution is 0.630. The average molecular weight is 508 g/mol. The van der Waals surface area contributed by atoms with Gasteiger partial charge in [0, 0.05) is 52.5 Å². The minimum atomic E-state index is -0.474. The van der Waals surface area contributed by atoms with Crippen molar-refractivity contribution < 1.29 is 4.39 Å². The van der Waals surface area contributed by atoms with Gasteiger partial charge in [0.15, 0.2) is 0 Å². The lowest BCUT2D eigenvalue weighted by Crippen LogP contribution is -2.21. The number of nitrogens with one attached hydrogen (secondary N) is 3. The highest BCUT2D eigenvalue weighted by Gasteiger charge is 2.17. The van der Waals surface area contributed by atoms with Gasteiger partial charge in [-0.05, 0) is 37.3 Å². The number of hydrogen-bond donors (Lipinski definition) is 3. The molecule has 0 aliphatic rings. The van der Waals surface area contributed by atoms with Gasteiger partial charge in [0.05, 0.1) is 11.2 Å². The highest BCUT2D eigenvalue weighted by Crippen LogP contribution is 2.33. The summed E-state index contributed by atoms with van der Waals surface area (Å²) in [5, 5.41) is 9.87. The number of pyridine rings is 2. The number of anilines is 3. The number of hydrogen-bond acceptors (Lipinski definition) is 5. The third kappa shape index (κ3) is 4.61. The van der Waals surface area contributed by atoms with Crippen LogP contribution in [0, 0.1) is 5.82 Å². The zero-order chi connectivity index (χ0) is 23.5. The van der Waals surface area contributed by atoms with E-state index >= 15 is 0 Å². The van der Waals surface area contributed by atoms with E-state index < -0.39 is 5.82 Å². The van der Waals surface area contributed by atoms with Crippen LogP contribution in [0.4, 0.5) is 21.6 Å². The number of benzene rings is 2. The Balaban J connectivity index is 1.77. The Bertz CT molecular complexity index is 1400. The number of para-hydroxylation sites is 1. The van der Waals surface area contributed by atoms with Crippen molar-refractivity contribution in [1.82, 2.24) is 9.55 Å². The largest absolute Gasteiger partial charge is 0.373 e. The molecular formula is C25H23BrFN5O. The fraction of sp³-hybridized carbons (Fsp3) is 0.120. The topological polar surface area (TPSA) is 71.0 Å². The second-order valence-corrected chi connectivity index (χ2v) is 8.25. The molecule has 168 valence electrons. The van der Waals surface area contributed by atoms with Crippen LogP contribution in [0.25, 0.3) is 22.0 Å². The van der Waals surface area contributed by atoms with E-state index in [9.17, 15) is 9.18 Å². The summed E-state index contributed by atoms with van der Waals surface area (Å²) in [6, 6.07) is 16.0. The third-order valence-electron chi connectivity index (χ3n) is 5.25. The Hall–Kier alpha value is -3.65. The normalized spacial score (nSPS) is 10.8. The maximum absolute atomic E-state index is 14.8. The maximum Gasteiger partial charge on any atom is 0.258 e. The summed E-state index contributed by atoms with van der Waals surface area (Å²) in [4.78, 5) is 17.8. The molecule has 0 radical (unpaired) electrons. The van der Waals surface area contributed by atoms with Crippen LogP contribution in [0.3, 0.4) is 0 Å². The van der Waals surface area contributed by atoms with E-state index in [1.165, 1.54) is 6.07 Å². The lowest BCUT2D eigenvalue weighted by atomic mass is 10.0. The minimum Gasteiger partial charge on any atom is -0.373 e. The average Bonchev–Trinajstić information content (AvgIpc) is 2.81. The molecule has 0 aliphatic heterocycles. The summed E-state index contributed by atoms with van der Waals surface area (Å²) < 4.78 is 16.9. The van der Waals surface area contributed by atoms with Gasteiger partial charge in [-0.15, -0.1) is 0 Å². The van der Waals surface area contributed by atoms with Crippen molar-refractivity contribution in [3.05, 3.63) is 93.8 Å². The van der Waals surface area contributed by atoms with Gasteiger partial charge in [0.25, 0.3) is 5.56 Å². The molecule has 4 aromatic rings. The molecule has 0 saturated heterocycles. The molecule has 2 aromatic heterocycles. The van der Waals surface area contributed by atoms with E-state index in [1.54, 1.807) is 29.9 Å². The molecular weight excluding hydrogens is 485 g/mol. The molecule has 3 N–H and O–H groups in total. The number of halogens is 2. The van der Waals surface area contributed by atoms with Crippen molar-refractivity contribution in [2.45, 2.75) is 13.5 Å². The highest BCUT2D eigenvalue weighted by atomic mass is 79.9. The molecule has 4 rings (SSSR count). The monoisotopic (exact) mass is 507 g/mol. The molecule has 0 amide bonds. The van der Waals surface area contributed by atoms with Gasteiger partial charge in [-0.2, -0.15) is 0 Å². The van der Waals surface area contributed by atoms with E-state index in [4.69, 9.17) is 0 Å². The predicted molar refractivity (Wildman–Crippen MR) is 137 cm³/mol. The predicted octanol–water partition coefficient (Wildman–Crippen LogP) is 6.02. The van der Waals surface area contributed by atoms with E-state index in [0.29, 0.717) is 33.8 Å². The third-order valence-corrected chi connectivity index (χ3v) is 5.91. The zero-order valence-corrected chi connectivity index (χ0v) is 19.8. The van der Waals surface area contributed by atoms with Crippen molar-refractivity contribution in [2.24, 2.45) is 0 Å². The van der Waals surface area contributed by atoms with Crippen LogP contribution in [0.1, 0.15) is 6.92 Å². The van der Waals surface area contributed by atoms with Gasteiger partial charge < -0.3 is 20.5 Å². The molecule has 2 aromatic carbocycles. The first-order valence-electron chi connectivity index (χ1n) is 10.4. The molecule has 33 heavy (non-hydrogen) atoms. The number of rotatable bonds is 7. The van der Waals surface area contributed by atoms with Gasteiger partial charge in [-0.3, -0.25) is 4.79 Å². The fourth-order valence-electron chi connectivity index (χ4n) is 3.66. The summed E-state index contributed by atoms with van der Waals surface area (Å²) in [7, 11) is 1.78. The molecule has 0 spiro atoms. The molecule has 2 heterocycles. The van der Waals surface area contributed by atoms with Crippen LogP contribution >= 0.6 is 15.9 Å². The Morgan fingerprint density at radius 1 is 1.12 bits per heavy atom. The maximum atomic E-state index is 14.8. The Kier molecular flexibility index (Phi) is 6.46. The van der Waals surface area contributed by atoms with E-state index in [2.05, 4.69) is 43.4 Å². The van der Waals surface area contributed by atoms with Crippen molar-refractivity contribution in [3.63, 3.8) is 0 Å². The lowest BCUT2D eigenvalue weighted by Gasteiger charge is -2.16. The van der Waals surface area contributed by atoms with Gasteiger partial charge in [-0.25, -0.2) is 9.37 Å². The van der Waals surface area contributed by atoms with Crippen LogP contribution < -0.4 is 21.5 Å². The zero-order valence-electron chi connectivity index (χ0n) is 18.2. The van der Waals surface area contributed by atoms with Crippen LogP contribution in [0.15, 0.2) is 82.5 Å². The first-order chi connectivity index (χ1) is 15.9. The Morgan fingerprint density at radius 2 is 1.88 bits per heavy atom. The molecule has 0 saturated carbocycles. The summed E-state index contributed by atoms with van der Waals surface area (Å²) in [6.07, 6.45) is 1.72. The molecule has 0 aliphatic carbocycles. The van der Waals surface area contributed by atoms with Crippen molar-refractivity contribution in [2.75, 3.05) is 23.0 Å². The first-order valence-corrected chi connectivity index (χ1v) is 11.2. The van der Waals surface area contributed by atoms with Crippen LogP contribution in [-0.2, 0) is 6.54 Å².